The first kappa shape index (κ1) is 14.8. The van der Waals surface area contributed by atoms with Crippen molar-refractivity contribution in [2.45, 2.75) is 32.2 Å². The van der Waals surface area contributed by atoms with Gasteiger partial charge in [0.05, 0.1) is 11.5 Å². The molecule has 1 fully saturated rings. The Morgan fingerprint density at radius 2 is 2.22 bits per heavy atom. The molecule has 5 nitrogen and oxygen atoms in total. The summed E-state index contributed by atoms with van der Waals surface area (Å²) in [6.07, 6.45) is 6.99. The van der Waals surface area contributed by atoms with Crippen LogP contribution < -0.4 is 5.32 Å². The van der Waals surface area contributed by atoms with E-state index in [1.54, 1.807) is 4.90 Å². The van der Waals surface area contributed by atoms with Gasteiger partial charge in [-0.1, -0.05) is 0 Å². The van der Waals surface area contributed by atoms with Crippen LogP contribution in [0.4, 0.5) is 4.79 Å². The van der Waals surface area contributed by atoms with Gasteiger partial charge in [0.1, 0.15) is 0 Å². The predicted octanol–water partition coefficient (Wildman–Crippen LogP) is 0.618. The zero-order valence-corrected chi connectivity index (χ0v) is 11.5. The molecule has 0 aromatic rings. The summed E-state index contributed by atoms with van der Waals surface area (Å²) in [4.78, 5) is 13.5. The Labute approximate surface area is 109 Å². The van der Waals surface area contributed by atoms with Gasteiger partial charge >= 0.3 is 6.03 Å². The molecule has 0 unspecified atom stereocenters. The molecule has 0 aromatic heterocycles. The number of unbranched alkanes of at least 4 members (excludes halogenated alkanes) is 1. The Morgan fingerprint density at radius 3 is 2.89 bits per heavy atom. The van der Waals surface area contributed by atoms with Gasteiger partial charge in [0, 0.05) is 25.6 Å². The molecule has 0 radical (unpaired) electrons. The van der Waals surface area contributed by atoms with E-state index >= 15 is 0 Å². The summed E-state index contributed by atoms with van der Waals surface area (Å²) < 4.78 is 23.0. The maximum absolute atomic E-state index is 11.9. The van der Waals surface area contributed by atoms with E-state index in [-0.39, 0.29) is 30.1 Å². The van der Waals surface area contributed by atoms with Crippen molar-refractivity contribution in [1.29, 1.82) is 0 Å². The summed E-state index contributed by atoms with van der Waals surface area (Å²) in [6.45, 7) is 2.67. The summed E-state index contributed by atoms with van der Waals surface area (Å²) in [6, 6.07) is -0.244. The Morgan fingerprint density at radius 1 is 1.50 bits per heavy atom. The quantitative estimate of drug-likeness (QED) is 0.605. The number of carbonyl (C=O) groups is 1. The van der Waals surface area contributed by atoms with Crippen molar-refractivity contribution in [1.82, 2.24) is 10.2 Å². The molecule has 1 aliphatic rings. The van der Waals surface area contributed by atoms with Gasteiger partial charge in [-0.2, -0.15) is 0 Å². The number of terminal acetylenes is 1. The van der Waals surface area contributed by atoms with Crippen molar-refractivity contribution >= 4 is 15.9 Å². The van der Waals surface area contributed by atoms with Gasteiger partial charge in [-0.15, -0.1) is 12.3 Å². The lowest BCUT2D eigenvalue weighted by molar-refractivity contribution is 0.183. The Kier molecular flexibility index (Phi) is 5.48. The highest BCUT2D eigenvalue weighted by Crippen LogP contribution is 2.12. The molecule has 1 atom stereocenters. The Bertz CT molecular complexity index is 425. The molecular weight excluding hydrogens is 252 g/mol. The van der Waals surface area contributed by atoms with Crippen molar-refractivity contribution in [2.75, 3.05) is 24.6 Å². The molecule has 102 valence electrons. The number of sulfone groups is 1. The van der Waals surface area contributed by atoms with Crippen LogP contribution in [0.25, 0.3) is 0 Å². The number of urea groups is 1. The molecule has 1 rings (SSSR count). The largest absolute Gasteiger partial charge is 0.338 e. The van der Waals surface area contributed by atoms with Crippen molar-refractivity contribution in [3.63, 3.8) is 0 Å². The number of hydrogen-bond donors (Lipinski definition) is 1. The first-order valence-electron chi connectivity index (χ1n) is 6.14. The lowest BCUT2D eigenvalue weighted by Crippen LogP contribution is -2.45. The molecule has 0 aromatic carbocycles. The van der Waals surface area contributed by atoms with Gasteiger partial charge < -0.3 is 10.2 Å². The summed E-state index contributed by atoms with van der Waals surface area (Å²) in [5, 5.41) is 2.77. The van der Waals surface area contributed by atoms with Gasteiger partial charge in [-0.25, -0.2) is 13.2 Å². The average Bonchev–Trinajstić information content (AvgIpc) is 2.45. The van der Waals surface area contributed by atoms with Crippen molar-refractivity contribution in [3.05, 3.63) is 0 Å². The second-order valence-corrected chi connectivity index (χ2v) is 6.83. The lowest BCUT2D eigenvalue weighted by atomic mass is 10.2. The normalized spacial score (nSPS) is 22.9. The van der Waals surface area contributed by atoms with E-state index in [0.29, 0.717) is 19.4 Å². The minimum atomic E-state index is -3.00. The van der Waals surface area contributed by atoms with Gasteiger partial charge in [-0.3, -0.25) is 0 Å². The summed E-state index contributed by atoms with van der Waals surface area (Å²) in [5.74, 6) is 2.72. The van der Waals surface area contributed by atoms with Crippen LogP contribution in [0.1, 0.15) is 26.2 Å². The molecule has 2 amide bonds. The first-order chi connectivity index (χ1) is 8.46. The van der Waals surface area contributed by atoms with E-state index in [0.717, 1.165) is 6.42 Å². The number of amides is 2. The van der Waals surface area contributed by atoms with Crippen LogP contribution >= 0.6 is 0 Å². The molecule has 1 aliphatic heterocycles. The van der Waals surface area contributed by atoms with Crippen LogP contribution in [-0.4, -0.2) is 50.0 Å². The van der Waals surface area contributed by atoms with Gasteiger partial charge in [0.25, 0.3) is 0 Å². The molecule has 6 heteroatoms. The van der Waals surface area contributed by atoms with Crippen molar-refractivity contribution < 1.29 is 13.2 Å². The minimum absolute atomic E-state index is 0.0464. The molecule has 18 heavy (non-hydrogen) atoms. The number of nitrogens with one attached hydrogen (secondary N) is 1. The summed E-state index contributed by atoms with van der Waals surface area (Å²) in [7, 11) is -3.00. The SMILES string of the molecule is C#CCCCNC(=O)N1CCS(=O)(=O)CC[C@@H]1C. The van der Waals surface area contributed by atoms with Gasteiger partial charge in [0.15, 0.2) is 9.84 Å². The molecule has 1 N–H and O–H groups in total. The molecular formula is C12H20N2O3S. The highest BCUT2D eigenvalue weighted by atomic mass is 32.2. The molecule has 1 heterocycles. The summed E-state index contributed by atoms with van der Waals surface area (Å²) >= 11 is 0. The van der Waals surface area contributed by atoms with Crippen LogP contribution in [0.3, 0.4) is 0 Å². The summed E-state index contributed by atoms with van der Waals surface area (Å²) in [5.41, 5.74) is 0. The molecule has 0 saturated carbocycles. The van der Waals surface area contributed by atoms with Gasteiger partial charge in [0.2, 0.25) is 0 Å². The zero-order chi connectivity index (χ0) is 13.6. The highest BCUT2D eigenvalue weighted by molar-refractivity contribution is 7.91. The monoisotopic (exact) mass is 272 g/mol. The number of carbonyl (C=O) groups excluding carboxylic acids is 1. The molecule has 0 bridgehead atoms. The van der Waals surface area contributed by atoms with E-state index < -0.39 is 9.84 Å². The fourth-order valence-corrected chi connectivity index (χ4v) is 3.23. The molecule has 0 aliphatic carbocycles. The first-order valence-corrected chi connectivity index (χ1v) is 7.97. The number of rotatable bonds is 3. The van der Waals surface area contributed by atoms with E-state index in [4.69, 9.17) is 6.42 Å². The fourth-order valence-electron chi connectivity index (χ4n) is 1.85. The van der Waals surface area contributed by atoms with E-state index in [2.05, 4.69) is 11.2 Å². The topological polar surface area (TPSA) is 66.5 Å². The van der Waals surface area contributed by atoms with Gasteiger partial charge in [-0.05, 0) is 19.8 Å². The predicted molar refractivity (Wildman–Crippen MR) is 70.9 cm³/mol. The third kappa shape index (κ3) is 4.57. The second kappa shape index (κ2) is 6.64. The van der Waals surface area contributed by atoms with Crippen molar-refractivity contribution in [3.8, 4) is 12.3 Å². The maximum atomic E-state index is 11.9. The lowest BCUT2D eigenvalue weighted by Gasteiger charge is -2.26. The van der Waals surface area contributed by atoms with Crippen LogP contribution in [-0.2, 0) is 9.84 Å². The van der Waals surface area contributed by atoms with Crippen molar-refractivity contribution in [2.24, 2.45) is 0 Å². The van der Waals surface area contributed by atoms with E-state index in [9.17, 15) is 13.2 Å². The highest BCUT2D eigenvalue weighted by Gasteiger charge is 2.27. The van der Waals surface area contributed by atoms with Crippen LogP contribution in [0.5, 0.6) is 0 Å². The third-order valence-electron chi connectivity index (χ3n) is 3.06. The van der Waals surface area contributed by atoms with Crippen LogP contribution in [0.2, 0.25) is 0 Å². The molecule has 0 spiro atoms. The maximum Gasteiger partial charge on any atom is 0.317 e. The standard InChI is InChI=1S/C12H20N2O3S/c1-3-4-5-7-13-12(15)14-8-10-18(16,17)9-6-11(14)2/h1,11H,4-10H2,2H3,(H,13,15)/t11-/m0/s1. The average molecular weight is 272 g/mol. The fraction of sp³-hybridized carbons (Fsp3) is 0.750. The van der Waals surface area contributed by atoms with E-state index in [1.807, 2.05) is 6.92 Å². The van der Waals surface area contributed by atoms with Crippen LogP contribution in [0.15, 0.2) is 0 Å². The third-order valence-corrected chi connectivity index (χ3v) is 4.72. The second-order valence-electron chi connectivity index (χ2n) is 4.52. The van der Waals surface area contributed by atoms with E-state index in [1.165, 1.54) is 0 Å². The van der Waals surface area contributed by atoms with Crippen LogP contribution in [0, 0.1) is 12.3 Å². The minimum Gasteiger partial charge on any atom is -0.338 e. The Balaban J connectivity index is 2.49. The zero-order valence-electron chi connectivity index (χ0n) is 10.7. The Hall–Kier alpha value is -1.22. The smallest absolute Gasteiger partial charge is 0.317 e. The number of nitrogens with zero attached hydrogens (tertiary/aromatic N) is 1. The number of hydrogen-bond acceptors (Lipinski definition) is 3. The molecule has 1 saturated heterocycles.